The third-order valence-electron chi connectivity index (χ3n) is 1.33. The van der Waals surface area contributed by atoms with Gasteiger partial charge in [0.15, 0.2) is 5.65 Å². The first-order chi connectivity index (χ1) is 4.90. The first-order valence-electron chi connectivity index (χ1n) is 2.84. The molecule has 0 radical (unpaired) electrons. The van der Waals surface area contributed by atoms with E-state index in [0.29, 0.717) is 5.65 Å². The van der Waals surface area contributed by atoms with Gasteiger partial charge in [-0.15, -0.1) is 0 Å². The van der Waals surface area contributed by atoms with Crippen LogP contribution in [0, 0.1) is 5.41 Å². The zero-order valence-electron chi connectivity index (χ0n) is 5.09. The van der Waals surface area contributed by atoms with Crippen LogP contribution in [0.15, 0.2) is 16.9 Å². The molecule has 10 heavy (non-hydrogen) atoms. The van der Waals surface area contributed by atoms with E-state index in [0.717, 1.165) is 11.1 Å². The second-order valence-electron chi connectivity index (χ2n) is 1.99. The van der Waals surface area contributed by atoms with E-state index >= 15 is 0 Å². The molecule has 0 aliphatic rings. The highest BCUT2D eigenvalue weighted by atomic mass is 16.5. The Hall–Kier alpha value is -1.58. The molecule has 2 N–H and O–H groups in total. The Labute approximate surface area is 56.3 Å². The summed E-state index contributed by atoms with van der Waals surface area (Å²) in [4.78, 5) is 2.88. The van der Waals surface area contributed by atoms with Crippen molar-refractivity contribution < 1.29 is 4.52 Å². The maximum atomic E-state index is 6.90. The standard InChI is InChI=1S/C6H5N3O/c7-2-5-1-4-3-10-9-6(4)8-5/h1-3,7H,(H,8,9). The molecule has 0 saturated heterocycles. The van der Waals surface area contributed by atoms with E-state index in [9.17, 15) is 0 Å². The lowest BCUT2D eigenvalue weighted by atomic mass is 10.4. The molecule has 0 saturated carbocycles. The number of H-pyrrole nitrogens is 1. The van der Waals surface area contributed by atoms with Gasteiger partial charge >= 0.3 is 0 Å². The van der Waals surface area contributed by atoms with E-state index in [2.05, 4.69) is 14.7 Å². The molecular weight excluding hydrogens is 130 g/mol. The Morgan fingerprint density at radius 3 is 3.30 bits per heavy atom. The SMILES string of the molecule is N=Cc1cc2conc2[nH]1. The predicted octanol–water partition coefficient (Wildman–Crippen LogP) is 1.15. The van der Waals surface area contributed by atoms with Crippen LogP contribution in [0.1, 0.15) is 5.69 Å². The minimum absolute atomic E-state index is 0.693. The van der Waals surface area contributed by atoms with Crippen LogP contribution in [0.25, 0.3) is 11.0 Å². The minimum atomic E-state index is 0.693. The Kier molecular flexibility index (Phi) is 0.887. The van der Waals surface area contributed by atoms with Crippen molar-refractivity contribution in [1.29, 1.82) is 5.41 Å². The molecule has 0 aromatic carbocycles. The Balaban J connectivity index is 2.78. The van der Waals surface area contributed by atoms with Crippen LogP contribution >= 0.6 is 0 Å². The molecule has 0 aliphatic heterocycles. The molecule has 50 valence electrons. The van der Waals surface area contributed by atoms with Gasteiger partial charge in [-0.3, -0.25) is 0 Å². The van der Waals surface area contributed by atoms with Gasteiger partial charge in [-0.25, -0.2) is 0 Å². The van der Waals surface area contributed by atoms with Crippen LogP contribution in [0.4, 0.5) is 0 Å². The summed E-state index contributed by atoms with van der Waals surface area (Å²) in [7, 11) is 0. The molecule has 2 heterocycles. The average Bonchev–Trinajstić information content (AvgIpc) is 2.42. The quantitative estimate of drug-likeness (QED) is 0.576. The molecule has 0 spiro atoms. The Bertz CT molecular complexity index is 331. The summed E-state index contributed by atoms with van der Waals surface area (Å²) in [5.74, 6) is 0. The average molecular weight is 135 g/mol. The van der Waals surface area contributed by atoms with E-state index in [1.54, 1.807) is 12.3 Å². The fourth-order valence-corrected chi connectivity index (χ4v) is 0.860. The smallest absolute Gasteiger partial charge is 0.181 e. The first-order valence-corrected chi connectivity index (χ1v) is 2.84. The number of hydrogen-bond donors (Lipinski definition) is 2. The van der Waals surface area contributed by atoms with Crippen molar-refractivity contribution in [3.8, 4) is 0 Å². The van der Waals surface area contributed by atoms with Gasteiger partial charge in [-0.05, 0) is 6.07 Å². The lowest BCUT2D eigenvalue weighted by molar-refractivity contribution is 0.426. The molecule has 0 bridgehead atoms. The molecule has 2 aromatic heterocycles. The monoisotopic (exact) mass is 135 g/mol. The largest absolute Gasteiger partial charge is 0.362 e. The van der Waals surface area contributed by atoms with E-state index in [1.165, 1.54) is 6.21 Å². The van der Waals surface area contributed by atoms with Crippen molar-refractivity contribution in [2.24, 2.45) is 0 Å². The van der Waals surface area contributed by atoms with E-state index < -0.39 is 0 Å². The van der Waals surface area contributed by atoms with Gasteiger partial charge in [0.2, 0.25) is 0 Å². The summed E-state index contributed by atoms with van der Waals surface area (Å²) >= 11 is 0. The molecule has 0 amide bonds. The predicted molar refractivity (Wildman–Crippen MR) is 36.2 cm³/mol. The zero-order valence-corrected chi connectivity index (χ0v) is 5.09. The molecule has 0 atom stereocenters. The molecule has 0 fully saturated rings. The zero-order chi connectivity index (χ0) is 6.97. The maximum absolute atomic E-state index is 6.90. The molecule has 4 heteroatoms. The van der Waals surface area contributed by atoms with E-state index in [-0.39, 0.29) is 0 Å². The normalized spacial score (nSPS) is 10.4. The van der Waals surface area contributed by atoms with Crippen LogP contribution in [0.3, 0.4) is 0 Å². The van der Waals surface area contributed by atoms with Crippen molar-refractivity contribution >= 4 is 17.2 Å². The minimum Gasteiger partial charge on any atom is -0.362 e. The van der Waals surface area contributed by atoms with Gasteiger partial charge in [0.1, 0.15) is 6.26 Å². The maximum Gasteiger partial charge on any atom is 0.181 e. The summed E-state index contributed by atoms with van der Waals surface area (Å²) in [5, 5.41) is 11.5. The number of aromatic amines is 1. The van der Waals surface area contributed by atoms with Crippen LogP contribution in [-0.2, 0) is 0 Å². The van der Waals surface area contributed by atoms with Crippen molar-refractivity contribution in [1.82, 2.24) is 10.1 Å². The Morgan fingerprint density at radius 2 is 2.60 bits per heavy atom. The van der Waals surface area contributed by atoms with E-state index in [4.69, 9.17) is 5.41 Å². The first kappa shape index (κ1) is 5.22. The van der Waals surface area contributed by atoms with E-state index in [1.807, 2.05) is 0 Å². The summed E-state index contributed by atoms with van der Waals surface area (Å²) < 4.78 is 4.65. The fourth-order valence-electron chi connectivity index (χ4n) is 0.860. The molecule has 0 aliphatic carbocycles. The molecule has 4 nitrogen and oxygen atoms in total. The number of hydrogen-bond acceptors (Lipinski definition) is 3. The number of nitrogens with zero attached hydrogens (tertiary/aromatic N) is 1. The third-order valence-corrected chi connectivity index (χ3v) is 1.33. The lowest BCUT2D eigenvalue weighted by Crippen LogP contribution is -1.75. The molecule has 2 rings (SSSR count). The summed E-state index contributed by atoms with van der Waals surface area (Å²) in [5.41, 5.74) is 1.44. The van der Waals surface area contributed by atoms with Gasteiger partial charge in [0, 0.05) is 6.21 Å². The van der Waals surface area contributed by atoms with Crippen molar-refractivity contribution in [3.63, 3.8) is 0 Å². The van der Waals surface area contributed by atoms with Crippen LogP contribution in [0.2, 0.25) is 0 Å². The van der Waals surface area contributed by atoms with Crippen LogP contribution in [0.5, 0.6) is 0 Å². The van der Waals surface area contributed by atoms with Crippen molar-refractivity contribution in [2.45, 2.75) is 0 Å². The number of rotatable bonds is 1. The summed E-state index contributed by atoms with van der Waals surface area (Å²) in [6.45, 7) is 0. The highest BCUT2D eigenvalue weighted by Crippen LogP contribution is 2.10. The second kappa shape index (κ2) is 1.70. The molecule has 0 unspecified atom stereocenters. The Morgan fingerprint density at radius 1 is 1.70 bits per heavy atom. The topological polar surface area (TPSA) is 65.7 Å². The highest BCUT2D eigenvalue weighted by Gasteiger charge is 1.99. The number of nitrogens with one attached hydrogen (secondary N) is 2. The summed E-state index contributed by atoms with van der Waals surface area (Å²) in [6, 6.07) is 1.80. The van der Waals surface area contributed by atoms with Gasteiger partial charge in [-0.2, -0.15) is 0 Å². The fraction of sp³-hybridized carbons (Fsp3) is 0. The van der Waals surface area contributed by atoms with Gasteiger partial charge in [0.05, 0.1) is 11.1 Å². The third kappa shape index (κ3) is 0.556. The van der Waals surface area contributed by atoms with Crippen LogP contribution in [-0.4, -0.2) is 16.4 Å². The number of fused-ring (bicyclic) bond motifs is 1. The van der Waals surface area contributed by atoms with Gasteiger partial charge < -0.3 is 14.9 Å². The summed E-state index contributed by atoms with van der Waals surface area (Å²) in [6.07, 6.45) is 2.78. The number of aromatic nitrogens is 2. The second-order valence-corrected chi connectivity index (χ2v) is 1.99. The molecule has 2 aromatic rings. The van der Waals surface area contributed by atoms with Gasteiger partial charge in [-0.1, -0.05) is 5.16 Å². The molecular formula is C6H5N3O. The van der Waals surface area contributed by atoms with Crippen molar-refractivity contribution in [3.05, 3.63) is 18.0 Å². The lowest BCUT2D eigenvalue weighted by Gasteiger charge is -1.75. The van der Waals surface area contributed by atoms with Gasteiger partial charge in [0.25, 0.3) is 0 Å². The van der Waals surface area contributed by atoms with Crippen LogP contribution < -0.4 is 0 Å². The highest BCUT2D eigenvalue weighted by molar-refractivity contribution is 5.85. The van der Waals surface area contributed by atoms with Crippen molar-refractivity contribution in [2.75, 3.05) is 0 Å².